The van der Waals surface area contributed by atoms with Gasteiger partial charge in [-0.05, 0) is 77.3 Å². The first-order chi connectivity index (χ1) is 16.6. The van der Waals surface area contributed by atoms with E-state index in [0.717, 1.165) is 12.8 Å². The SMILES string of the molecule is CC(C)(C)OC(=O)NC1CCC(Oc2ccccc2)(C(=O)N2CCC(CNC(=O)CCl)CC2)CC1. The van der Waals surface area contributed by atoms with E-state index in [2.05, 4.69) is 10.6 Å². The third kappa shape index (κ3) is 8.02. The molecule has 1 aliphatic carbocycles. The van der Waals surface area contributed by atoms with Crippen molar-refractivity contribution in [3.8, 4) is 5.75 Å². The summed E-state index contributed by atoms with van der Waals surface area (Å²) in [6, 6.07) is 9.36. The number of benzene rings is 1. The molecule has 35 heavy (non-hydrogen) atoms. The molecule has 1 saturated carbocycles. The molecule has 0 unspecified atom stereocenters. The molecule has 0 aromatic heterocycles. The lowest BCUT2D eigenvalue weighted by Crippen LogP contribution is -2.58. The number of likely N-dealkylation sites (tertiary alicyclic amines) is 1. The molecule has 8 nitrogen and oxygen atoms in total. The van der Waals surface area contributed by atoms with Crippen LogP contribution in [0.5, 0.6) is 5.75 Å². The van der Waals surface area contributed by atoms with E-state index in [1.807, 2.05) is 56.0 Å². The van der Waals surface area contributed by atoms with Crippen molar-refractivity contribution in [2.45, 2.75) is 76.5 Å². The zero-order valence-corrected chi connectivity index (χ0v) is 21.7. The first-order valence-electron chi connectivity index (χ1n) is 12.5. The Hall–Kier alpha value is -2.48. The molecule has 1 heterocycles. The topological polar surface area (TPSA) is 97.0 Å². The molecule has 9 heteroatoms. The number of alkyl halides is 1. The highest BCUT2D eigenvalue weighted by molar-refractivity contribution is 6.27. The number of carbonyl (C=O) groups is 3. The molecule has 0 atom stereocenters. The zero-order chi connectivity index (χ0) is 25.5. The van der Waals surface area contributed by atoms with Gasteiger partial charge in [0.05, 0.1) is 0 Å². The van der Waals surface area contributed by atoms with E-state index < -0.39 is 17.3 Å². The van der Waals surface area contributed by atoms with Gasteiger partial charge in [-0.15, -0.1) is 11.6 Å². The Bertz CT molecular complexity index is 857. The van der Waals surface area contributed by atoms with E-state index in [9.17, 15) is 14.4 Å². The Balaban J connectivity index is 1.63. The van der Waals surface area contributed by atoms with Gasteiger partial charge in [0.25, 0.3) is 5.91 Å². The minimum atomic E-state index is -0.965. The van der Waals surface area contributed by atoms with Crippen molar-refractivity contribution >= 4 is 29.5 Å². The second kappa shape index (κ2) is 12.0. The summed E-state index contributed by atoms with van der Waals surface area (Å²) in [6.45, 7) is 7.33. The number of halogens is 1. The summed E-state index contributed by atoms with van der Waals surface area (Å²) in [7, 11) is 0. The number of alkyl carbamates (subject to hydrolysis) is 1. The van der Waals surface area contributed by atoms with Crippen LogP contribution in [-0.4, -0.2) is 65.6 Å². The van der Waals surface area contributed by atoms with Crippen LogP contribution in [0.4, 0.5) is 4.79 Å². The molecule has 1 aliphatic heterocycles. The maximum atomic E-state index is 13.8. The third-order valence-electron chi connectivity index (χ3n) is 6.57. The number of amides is 3. The van der Waals surface area contributed by atoms with Gasteiger partial charge in [-0.3, -0.25) is 9.59 Å². The van der Waals surface area contributed by atoms with E-state index in [1.54, 1.807) is 0 Å². The molecule has 1 aromatic rings. The van der Waals surface area contributed by atoms with Crippen LogP contribution < -0.4 is 15.4 Å². The lowest BCUT2D eigenvalue weighted by molar-refractivity contribution is -0.153. The summed E-state index contributed by atoms with van der Waals surface area (Å²) in [5.41, 5.74) is -1.53. The molecule has 3 rings (SSSR count). The van der Waals surface area contributed by atoms with Gasteiger partial charge < -0.3 is 25.0 Å². The van der Waals surface area contributed by atoms with Gasteiger partial charge in [-0.25, -0.2) is 4.79 Å². The number of nitrogens with zero attached hydrogens (tertiary/aromatic N) is 1. The standard InChI is InChI=1S/C26H38ClN3O5/c1-25(2,3)35-24(33)29-20-9-13-26(14-10-20,34-21-7-5-4-6-8-21)23(32)30-15-11-19(12-16-30)18-28-22(31)17-27/h4-8,19-20H,9-18H2,1-3H3,(H,28,31)(H,29,33). The van der Waals surface area contributed by atoms with Crippen molar-refractivity contribution in [3.63, 3.8) is 0 Å². The molecular weight excluding hydrogens is 470 g/mol. The van der Waals surface area contributed by atoms with E-state index in [-0.39, 0.29) is 23.7 Å². The predicted octanol–water partition coefficient (Wildman–Crippen LogP) is 3.87. The summed E-state index contributed by atoms with van der Waals surface area (Å²) in [6.07, 6.45) is 3.46. The number of rotatable bonds is 7. The predicted molar refractivity (Wildman–Crippen MR) is 134 cm³/mol. The minimum absolute atomic E-state index is 0.000292. The number of piperidine rings is 1. The quantitative estimate of drug-likeness (QED) is 0.546. The molecule has 194 valence electrons. The van der Waals surface area contributed by atoms with Crippen LogP contribution in [0.2, 0.25) is 0 Å². The van der Waals surface area contributed by atoms with E-state index in [4.69, 9.17) is 21.1 Å². The number of para-hydroxylation sites is 1. The summed E-state index contributed by atoms with van der Waals surface area (Å²) in [4.78, 5) is 39.4. The fourth-order valence-corrected chi connectivity index (χ4v) is 4.80. The fourth-order valence-electron chi connectivity index (χ4n) is 4.71. The minimum Gasteiger partial charge on any atom is -0.477 e. The van der Waals surface area contributed by atoms with Crippen LogP contribution in [0.3, 0.4) is 0 Å². The first kappa shape index (κ1) is 27.1. The summed E-state index contributed by atoms with van der Waals surface area (Å²) >= 11 is 5.56. The molecule has 2 aliphatic rings. The Kier molecular flexibility index (Phi) is 9.27. The van der Waals surface area contributed by atoms with Crippen molar-refractivity contribution in [3.05, 3.63) is 30.3 Å². The second-order valence-corrected chi connectivity index (χ2v) is 10.8. The van der Waals surface area contributed by atoms with E-state index in [0.29, 0.717) is 57.0 Å². The van der Waals surface area contributed by atoms with Crippen molar-refractivity contribution in [1.29, 1.82) is 0 Å². The Morgan fingerprint density at radius 1 is 1.06 bits per heavy atom. The highest BCUT2D eigenvalue weighted by Gasteiger charge is 2.47. The van der Waals surface area contributed by atoms with Gasteiger partial charge in [0.2, 0.25) is 5.91 Å². The van der Waals surface area contributed by atoms with E-state index in [1.165, 1.54) is 0 Å². The molecule has 0 radical (unpaired) electrons. The van der Waals surface area contributed by atoms with Crippen LogP contribution >= 0.6 is 11.6 Å². The van der Waals surface area contributed by atoms with Gasteiger partial charge in [0, 0.05) is 25.7 Å². The van der Waals surface area contributed by atoms with Gasteiger partial charge in [-0.1, -0.05) is 18.2 Å². The van der Waals surface area contributed by atoms with Crippen LogP contribution in [0.1, 0.15) is 59.3 Å². The summed E-state index contributed by atoms with van der Waals surface area (Å²) in [5.74, 6) is 0.780. The number of ether oxygens (including phenoxy) is 2. The molecule has 0 bridgehead atoms. The highest BCUT2D eigenvalue weighted by atomic mass is 35.5. The maximum absolute atomic E-state index is 13.8. The van der Waals surface area contributed by atoms with Gasteiger partial charge >= 0.3 is 6.09 Å². The molecule has 3 amide bonds. The van der Waals surface area contributed by atoms with Crippen LogP contribution in [0.25, 0.3) is 0 Å². The smallest absolute Gasteiger partial charge is 0.407 e. The molecule has 1 saturated heterocycles. The second-order valence-electron chi connectivity index (χ2n) is 10.5. The van der Waals surface area contributed by atoms with Crippen molar-refractivity contribution in [2.75, 3.05) is 25.5 Å². The van der Waals surface area contributed by atoms with Gasteiger partial charge in [0.15, 0.2) is 5.60 Å². The highest BCUT2D eigenvalue weighted by Crippen LogP contribution is 2.36. The molecular formula is C26H38ClN3O5. The average molecular weight is 508 g/mol. The fraction of sp³-hybridized carbons (Fsp3) is 0.654. The van der Waals surface area contributed by atoms with Crippen molar-refractivity contribution < 1.29 is 23.9 Å². The van der Waals surface area contributed by atoms with Gasteiger partial charge in [-0.2, -0.15) is 0 Å². The van der Waals surface area contributed by atoms with Crippen LogP contribution in [-0.2, 0) is 14.3 Å². The molecule has 1 aromatic carbocycles. The number of hydrogen-bond donors (Lipinski definition) is 2. The Labute approximate surface area is 213 Å². The summed E-state index contributed by atoms with van der Waals surface area (Å²) in [5, 5.41) is 5.78. The van der Waals surface area contributed by atoms with Crippen molar-refractivity contribution in [2.24, 2.45) is 5.92 Å². The summed E-state index contributed by atoms with van der Waals surface area (Å²) < 4.78 is 11.8. The normalized spacial score (nSPS) is 23.3. The maximum Gasteiger partial charge on any atom is 0.407 e. The number of hydrogen-bond acceptors (Lipinski definition) is 5. The Morgan fingerprint density at radius 3 is 2.26 bits per heavy atom. The average Bonchev–Trinajstić information content (AvgIpc) is 2.83. The van der Waals surface area contributed by atoms with Crippen LogP contribution in [0, 0.1) is 5.92 Å². The Morgan fingerprint density at radius 2 is 1.69 bits per heavy atom. The largest absolute Gasteiger partial charge is 0.477 e. The monoisotopic (exact) mass is 507 g/mol. The van der Waals surface area contributed by atoms with Crippen molar-refractivity contribution in [1.82, 2.24) is 15.5 Å². The number of carbonyl (C=O) groups excluding carboxylic acids is 3. The molecule has 2 N–H and O–H groups in total. The lowest BCUT2D eigenvalue weighted by Gasteiger charge is -2.43. The lowest BCUT2D eigenvalue weighted by atomic mass is 9.80. The first-order valence-corrected chi connectivity index (χ1v) is 13.0. The number of nitrogens with one attached hydrogen (secondary N) is 2. The molecule has 0 spiro atoms. The van der Waals surface area contributed by atoms with Gasteiger partial charge in [0.1, 0.15) is 17.2 Å². The zero-order valence-electron chi connectivity index (χ0n) is 21.0. The van der Waals surface area contributed by atoms with E-state index >= 15 is 0 Å². The molecule has 2 fully saturated rings. The van der Waals surface area contributed by atoms with Crippen LogP contribution in [0.15, 0.2) is 30.3 Å². The third-order valence-corrected chi connectivity index (χ3v) is 6.81.